The number of aromatic nitrogens is 2. The van der Waals surface area contributed by atoms with Crippen LogP contribution < -0.4 is 5.32 Å². The van der Waals surface area contributed by atoms with E-state index in [1.807, 2.05) is 0 Å². The average Bonchev–Trinajstić information content (AvgIpc) is 2.94. The van der Waals surface area contributed by atoms with Gasteiger partial charge < -0.3 is 10.4 Å². The molecule has 1 fully saturated rings. The molecule has 7 heteroatoms. The zero-order valence-electron chi connectivity index (χ0n) is 8.68. The van der Waals surface area contributed by atoms with Gasteiger partial charge >= 0.3 is 5.97 Å². The third-order valence-electron chi connectivity index (χ3n) is 2.25. The summed E-state index contributed by atoms with van der Waals surface area (Å²) in [7, 11) is 0. The van der Waals surface area contributed by atoms with Crippen LogP contribution in [-0.2, 0) is 4.79 Å². The second-order valence-electron chi connectivity index (χ2n) is 3.71. The van der Waals surface area contributed by atoms with E-state index in [1.165, 1.54) is 42.4 Å². The van der Waals surface area contributed by atoms with Gasteiger partial charge in [0, 0.05) is 6.54 Å². The fourth-order valence-corrected chi connectivity index (χ4v) is 2.75. The molecule has 0 unspecified atom stereocenters. The van der Waals surface area contributed by atoms with Crippen molar-refractivity contribution in [2.75, 3.05) is 17.6 Å². The van der Waals surface area contributed by atoms with Crippen molar-refractivity contribution in [3.63, 3.8) is 0 Å². The summed E-state index contributed by atoms with van der Waals surface area (Å²) in [5.74, 6) is 0.112. The highest BCUT2D eigenvalue weighted by atomic mass is 32.2. The molecule has 1 aliphatic rings. The number of nitrogens with zero attached hydrogens (tertiary/aromatic N) is 2. The van der Waals surface area contributed by atoms with Gasteiger partial charge in [0.15, 0.2) is 4.34 Å². The third kappa shape index (κ3) is 3.97. The highest BCUT2D eigenvalue weighted by molar-refractivity contribution is 8.01. The summed E-state index contributed by atoms with van der Waals surface area (Å²) in [5.41, 5.74) is 0. The summed E-state index contributed by atoms with van der Waals surface area (Å²) in [6.45, 7) is 0.933. The molecule has 0 radical (unpaired) electrons. The van der Waals surface area contributed by atoms with E-state index in [9.17, 15) is 4.79 Å². The van der Waals surface area contributed by atoms with Crippen molar-refractivity contribution in [2.24, 2.45) is 5.92 Å². The van der Waals surface area contributed by atoms with Crippen molar-refractivity contribution >= 4 is 34.2 Å². The van der Waals surface area contributed by atoms with Gasteiger partial charge in [-0.2, -0.15) is 0 Å². The van der Waals surface area contributed by atoms with Crippen LogP contribution in [0.2, 0.25) is 0 Å². The smallest absolute Gasteiger partial charge is 0.313 e. The summed E-state index contributed by atoms with van der Waals surface area (Å²) in [6, 6.07) is 0. The maximum Gasteiger partial charge on any atom is 0.313 e. The number of anilines is 1. The van der Waals surface area contributed by atoms with Crippen LogP contribution in [0.25, 0.3) is 0 Å². The van der Waals surface area contributed by atoms with Crippen LogP contribution in [0, 0.1) is 5.92 Å². The highest BCUT2D eigenvalue weighted by Gasteiger charge is 2.20. The van der Waals surface area contributed by atoms with E-state index in [-0.39, 0.29) is 5.75 Å². The molecule has 0 atom stereocenters. The molecular formula is C9H13N3O2S2. The third-order valence-corrected chi connectivity index (χ3v) is 4.25. The number of hydrogen-bond acceptors (Lipinski definition) is 6. The summed E-state index contributed by atoms with van der Waals surface area (Å²) >= 11 is 2.62. The van der Waals surface area contributed by atoms with Crippen LogP contribution >= 0.6 is 23.1 Å². The van der Waals surface area contributed by atoms with Crippen LogP contribution in [0.3, 0.4) is 0 Å². The number of rotatable bonds is 7. The van der Waals surface area contributed by atoms with Gasteiger partial charge in [0.2, 0.25) is 5.13 Å². The van der Waals surface area contributed by atoms with E-state index in [0.717, 1.165) is 17.6 Å². The summed E-state index contributed by atoms with van der Waals surface area (Å²) < 4.78 is 0.705. The molecule has 0 saturated heterocycles. The molecule has 16 heavy (non-hydrogen) atoms. The molecule has 0 amide bonds. The Morgan fingerprint density at radius 2 is 2.38 bits per heavy atom. The fraction of sp³-hybridized carbons (Fsp3) is 0.667. The minimum Gasteiger partial charge on any atom is -0.481 e. The normalized spacial score (nSPS) is 15.0. The topological polar surface area (TPSA) is 75.1 Å². The van der Waals surface area contributed by atoms with Crippen LogP contribution in [0.5, 0.6) is 0 Å². The maximum absolute atomic E-state index is 10.4. The van der Waals surface area contributed by atoms with Gasteiger partial charge in [-0.15, -0.1) is 10.2 Å². The Morgan fingerprint density at radius 3 is 3.06 bits per heavy atom. The molecule has 2 rings (SSSR count). The molecule has 1 aromatic heterocycles. The van der Waals surface area contributed by atoms with Crippen LogP contribution in [0.1, 0.15) is 19.3 Å². The van der Waals surface area contributed by atoms with E-state index < -0.39 is 5.97 Å². The van der Waals surface area contributed by atoms with E-state index >= 15 is 0 Å². The molecule has 88 valence electrons. The van der Waals surface area contributed by atoms with Crippen molar-refractivity contribution in [3.05, 3.63) is 0 Å². The molecule has 1 aliphatic carbocycles. The van der Waals surface area contributed by atoms with Gasteiger partial charge in [-0.1, -0.05) is 35.9 Å². The lowest BCUT2D eigenvalue weighted by Crippen LogP contribution is -2.01. The largest absolute Gasteiger partial charge is 0.481 e. The SMILES string of the molecule is O=C(O)CSc1nnc(NCCC2CC2)s1. The Labute approximate surface area is 102 Å². The standard InChI is InChI=1S/C9H13N3O2S2/c13-7(14)5-15-9-12-11-8(16-9)10-4-3-6-1-2-6/h6H,1-5H2,(H,10,11)(H,13,14). The monoisotopic (exact) mass is 259 g/mol. The zero-order valence-corrected chi connectivity index (χ0v) is 10.3. The average molecular weight is 259 g/mol. The van der Waals surface area contributed by atoms with Crippen molar-refractivity contribution in [1.82, 2.24) is 10.2 Å². The van der Waals surface area contributed by atoms with Crippen LogP contribution in [0.15, 0.2) is 4.34 Å². The lowest BCUT2D eigenvalue weighted by atomic mass is 10.3. The van der Waals surface area contributed by atoms with Gasteiger partial charge in [-0.25, -0.2) is 0 Å². The highest BCUT2D eigenvalue weighted by Crippen LogP contribution is 2.32. The predicted octanol–water partition coefficient (Wildman–Crippen LogP) is 1.93. The molecule has 1 heterocycles. The Bertz CT molecular complexity index is 365. The first-order valence-electron chi connectivity index (χ1n) is 5.16. The number of carboxylic acid groups (broad SMARTS) is 1. The fourth-order valence-electron chi connectivity index (χ4n) is 1.25. The Hall–Kier alpha value is -0.820. The van der Waals surface area contributed by atoms with Gasteiger partial charge in [0.05, 0.1) is 5.75 Å². The first-order valence-corrected chi connectivity index (χ1v) is 6.96. The van der Waals surface area contributed by atoms with Gasteiger partial charge in [0.1, 0.15) is 0 Å². The van der Waals surface area contributed by atoms with Gasteiger partial charge in [-0.3, -0.25) is 4.79 Å². The number of carboxylic acids is 1. The molecule has 2 N–H and O–H groups in total. The molecule has 1 saturated carbocycles. The van der Waals surface area contributed by atoms with Crippen molar-refractivity contribution in [1.29, 1.82) is 0 Å². The quantitative estimate of drug-likeness (QED) is 0.729. The van der Waals surface area contributed by atoms with Crippen LogP contribution in [-0.4, -0.2) is 33.6 Å². The maximum atomic E-state index is 10.4. The molecule has 0 aliphatic heterocycles. The van der Waals surface area contributed by atoms with E-state index in [0.29, 0.717) is 4.34 Å². The molecule has 0 bridgehead atoms. The summed E-state index contributed by atoms with van der Waals surface area (Å²) in [4.78, 5) is 10.4. The van der Waals surface area contributed by atoms with Gasteiger partial charge in [-0.05, 0) is 12.3 Å². The number of thioether (sulfide) groups is 1. The minimum atomic E-state index is -0.830. The lowest BCUT2D eigenvalue weighted by Gasteiger charge is -1.98. The van der Waals surface area contributed by atoms with Crippen molar-refractivity contribution in [2.45, 2.75) is 23.6 Å². The molecule has 0 spiro atoms. The number of carbonyl (C=O) groups is 1. The summed E-state index contributed by atoms with van der Waals surface area (Å²) in [6.07, 6.45) is 3.91. The second-order valence-corrected chi connectivity index (χ2v) is 5.91. The first-order chi connectivity index (χ1) is 7.74. The summed E-state index contributed by atoms with van der Waals surface area (Å²) in [5, 5.41) is 20.4. The van der Waals surface area contributed by atoms with E-state index in [1.54, 1.807) is 0 Å². The number of nitrogens with one attached hydrogen (secondary N) is 1. The second kappa shape index (κ2) is 5.49. The molecule has 1 aromatic rings. The Morgan fingerprint density at radius 1 is 1.56 bits per heavy atom. The lowest BCUT2D eigenvalue weighted by molar-refractivity contribution is -0.133. The van der Waals surface area contributed by atoms with Crippen LogP contribution in [0.4, 0.5) is 5.13 Å². The zero-order chi connectivity index (χ0) is 11.4. The molecule has 5 nitrogen and oxygen atoms in total. The molecular weight excluding hydrogens is 246 g/mol. The van der Waals surface area contributed by atoms with Gasteiger partial charge in [0.25, 0.3) is 0 Å². The Kier molecular flexibility index (Phi) is 4.00. The Balaban J connectivity index is 1.70. The number of aliphatic carboxylic acids is 1. The minimum absolute atomic E-state index is 0.0384. The van der Waals surface area contributed by atoms with E-state index in [2.05, 4.69) is 15.5 Å². The first kappa shape index (κ1) is 11.7. The van der Waals surface area contributed by atoms with Crippen molar-refractivity contribution < 1.29 is 9.90 Å². The molecule has 0 aromatic carbocycles. The predicted molar refractivity (Wildman–Crippen MR) is 64.1 cm³/mol. The van der Waals surface area contributed by atoms with E-state index in [4.69, 9.17) is 5.11 Å². The van der Waals surface area contributed by atoms with Crippen molar-refractivity contribution in [3.8, 4) is 0 Å². The number of hydrogen-bond donors (Lipinski definition) is 2.